The molecule has 4 nitrogen and oxygen atoms in total. The summed E-state index contributed by atoms with van der Waals surface area (Å²) in [6.07, 6.45) is 9.03. The van der Waals surface area contributed by atoms with Crippen molar-refractivity contribution < 1.29 is 23.2 Å². The molecule has 0 bridgehead atoms. The Morgan fingerprint density at radius 1 is 1.14 bits per heavy atom. The number of benzene rings is 1. The van der Waals surface area contributed by atoms with Crippen LogP contribution in [0.1, 0.15) is 63.0 Å². The number of aryl methyl sites for hydroxylation is 2. The first-order valence-electron chi connectivity index (χ1n) is 7.90. The molecule has 0 spiro atoms. The molecule has 126 valence electrons. The van der Waals surface area contributed by atoms with Gasteiger partial charge in [0, 0.05) is 0 Å². The zero-order valence-corrected chi connectivity index (χ0v) is 14.3. The van der Waals surface area contributed by atoms with Crippen LogP contribution < -0.4 is 4.52 Å². The summed E-state index contributed by atoms with van der Waals surface area (Å²) in [5, 5.41) is 0. The number of phosphoric ester groups is 1. The van der Waals surface area contributed by atoms with E-state index in [1.54, 1.807) is 12.1 Å². The van der Waals surface area contributed by atoms with Crippen LogP contribution in [0.15, 0.2) is 18.2 Å². The summed E-state index contributed by atoms with van der Waals surface area (Å²) in [6, 6.07) is 5.22. The summed E-state index contributed by atoms with van der Waals surface area (Å²) < 4.78 is 30.9. The highest BCUT2D eigenvalue weighted by Crippen LogP contribution is 2.45. The van der Waals surface area contributed by atoms with Gasteiger partial charge in [0.25, 0.3) is 0 Å². The molecular weight excluding hydrogens is 306 g/mol. The highest BCUT2D eigenvalue weighted by atomic mass is 31.2. The van der Waals surface area contributed by atoms with Crippen molar-refractivity contribution in [3.8, 4) is 5.75 Å². The predicted molar refractivity (Wildman–Crippen MR) is 85.5 cm³/mol. The third-order valence-electron chi connectivity index (χ3n) is 3.57. The average Bonchev–Trinajstić information content (AvgIpc) is 2.49. The Morgan fingerprint density at radius 3 is 2.41 bits per heavy atom. The van der Waals surface area contributed by atoms with Gasteiger partial charge in [0.05, 0.1) is 0 Å². The van der Waals surface area contributed by atoms with Gasteiger partial charge < -0.3 is 4.52 Å². The molecule has 1 N–H and O–H groups in total. The van der Waals surface area contributed by atoms with Crippen LogP contribution in [0.25, 0.3) is 0 Å². The largest absolute Gasteiger partial charge is 0.559 e. The van der Waals surface area contributed by atoms with Gasteiger partial charge >= 0.3 is 7.82 Å². The van der Waals surface area contributed by atoms with Crippen molar-refractivity contribution in [2.24, 2.45) is 0 Å². The van der Waals surface area contributed by atoms with Crippen molar-refractivity contribution in [2.75, 3.05) is 0 Å². The van der Waals surface area contributed by atoms with Crippen molar-refractivity contribution in [3.05, 3.63) is 29.3 Å². The lowest BCUT2D eigenvalue weighted by Crippen LogP contribution is -1.97. The first-order chi connectivity index (χ1) is 10.5. The predicted octanol–water partition coefficient (Wildman–Crippen LogP) is 5.67. The van der Waals surface area contributed by atoms with Crippen molar-refractivity contribution in [1.29, 1.82) is 0 Å². The molecule has 0 aliphatic heterocycles. The maximum absolute atomic E-state index is 12.0. The molecule has 6 heteroatoms. The summed E-state index contributed by atoms with van der Waals surface area (Å²) in [7, 11) is -4.66. The molecular formula is C16H26FO4P. The Balaban J connectivity index is 2.51. The van der Waals surface area contributed by atoms with Gasteiger partial charge in [0.1, 0.15) is 5.75 Å². The normalized spacial score (nSPS) is 13.8. The third-order valence-corrected chi connectivity index (χ3v) is 4.17. The first-order valence-corrected chi connectivity index (χ1v) is 9.40. The average molecular weight is 332 g/mol. The van der Waals surface area contributed by atoms with Crippen LogP contribution >= 0.6 is 7.82 Å². The van der Waals surface area contributed by atoms with Crippen molar-refractivity contribution in [3.63, 3.8) is 0 Å². The zero-order chi connectivity index (χ0) is 16.4. The van der Waals surface area contributed by atoms with Gasteiger partial charge in [-0.3, -0.25) is 4.89 Å². The van der Waals surface area contributed by atoms with E-state index in [1.807, 2.05) is 13.0 Å². The fourth-order valence-corrected chi connectivity index (χ4v) is 2.86. The van der Waals surface area contributed by atoms with Crippen LogP contribution in [0.2, 0.25) is 0 Å². The summed E-state index contributed by atoms with van der Waals surface area (Å²) in [5.41, 5.74) is 1.83. The van der Waals surface area contributed by atoms with Crippen LogP contribution in [-0.2, 0) is 15.7 Å². The van der Waals surface area contributed by atoms with Gasteiger partial charge in [-0.1, -0.05) is 67.9 Å². The van der Waals surface area contributed by atoms with Crippen LogP contribution in [0, 0.1) is 6.92 Å². The summed E-state index contributed by atoms with van der Waals surface area (Å²) >= 11 is 0. The number of rotatable bonds is 11. The van der Waals surface area contributed by atoms with Gasteiger partial charge in [-0.2, -0.15) is 0 Å². The molecule has 1 aromatic carbocycles. The molecule has 1 atom stereocenters. The lowest BCUT2D eigenvalue weighted by Gasteiger charge is -2.13. The summed E-state index contributed by atoms with van der Waals surface area (Å²) in [4.78, 5) is 9.10. The summed E-state index contributed by atoms with van der Waals surface area (Å²) in [6.45, 7) is 4.13. The highest BCUT2D eigenvalue weighted by Gasteiger charge is 2.25. The fourth-order valence-electron chi connectivity index (χ4n) is 2.40. The zero-order valence-electron chi connectivity index (χ0n) is 13.4. The Kier molecular flexibility index (Phi) is 8.69. The standard InChI is InChI=1S/C16H26FO4P/c1-3-4-5-6-7-8-9-10-15-13-14(2)11-12-16(15)20-22(18,19)21-17/h11-13H,3-10H2,1-2H3,(H,18,19). The van der Waals surface area contributed by atoms with Crippen LogP contribution in [0.3, 0.4) is 0 Å². The Bertz CT molecular complexity index is 493. The van der Waals surface area contributed by atoms with Crippen LogP contribution in [0.5, 0.6) is 5.75 Å². The smallest absolute Gasteiger partial charge is 0.402 e. The molecule has 0 saturated carbocycles. The van der Waals surface area contributed by atoms with Gasteiger partial charge in [-0.15, -0.1) is 0 Å². The second kappa shape index (κ2) is 9.98. The van der Waals surface area contributed by atoms with E-state index in [4.69, 9.17) is 9.42 Å². The quantitative estimate of drug-likeness (QED) is 0.419. The molecule has 0 amide bonds. The highest BCUT2D eigenvalue weighted by molar-refractivity contribution is 7.47. The van der Waals surface area contributed by atoms with Crippen molar-refractivity contribution >= 4 is 7.82 Å². The van der Waals surface area contributed by atoms with E-state index in [2.05, 4.69) is 11.7 Å². The maximum Gasteiger partial charge on any atom is 0.559 e. The topological polar surface area (TPSA) is 55.8 Å². The second-order valence-corrected chi connectivity index (χ2v) is 6.87. The number of unbranched alkanes of at least 4 members (excludes halogenated alkanes) is 6. The van der Waals surface area contributed by atoms with E-state index < -0.39 is 7.82 Å². The molecule has 22 heavy (non-hydrogen) atoms. The third kappa shape index (κ3) is 7.39. The van der Waals surface area contributed by atoms with Crippen molar-refractivity contribution in [2.45, 2.75) is 65.2 Å². The second-order valence-electron chi connectivity index (χ2n) is 5.61. The van der Waals surface area contributed by atoms with E-state index in [1.165, 1.54) is 32.1 Å². The van der Waals surface area contributed by atoms with Gasteiger partial charge in [-0.05, 0) is 35.9 Å². The van der Waals surface area contributed by atoms with E-state index >= 15 is 0 Å². The van der Waals surface area contributed by atoms with E-state index in [9.17, 15) is 9.09 Å². The molecule has 0 aliphatic rings. The number of halogens is 1. The van der Waals surface area contributed by atoms with E-state index in [0.29, 0.717) is 0 Å². The van der Waals surface area contributed by atoms with Gasteiger partial charge in [-0.25, -0.2) is 4.57 Å². The fraction of sp³-hybridized carbons (Fsp3) is 0.625. The lowest BCUT2D eigenvalue weighted by atomic mass is 10.0. The molecule has 1 aromatic rings. The summed E-state index contributed by atoms with van der Waals surface area (Å²) in [5.74, 6) is 0.208. The monoisotopic (exact) mass is 332 g/mol. The Labute approximate surface area is 132 Å². The van der Waals surface area contributed by atoms with Gasteiger partial charge in [0.2, 0.25) is 0 Å². The van der Waals surface area contributed by atoms with Crippen LogP contribution in [-0.4, -0.2) is 4.89 Å². The molecule has 1 rings (SSSR count). The van der Waals surface area contributed by atoms with Gasteiger partial charge in [0.15, 0.2) is 0 Å². The molecule has 0 heterocycles. The molecule has 0 aromatic heterocycles. The Hall–Kier alpha value is -0.900. The molecule has 0 radical (unpaired) electrons. The minimum atomic E-state index is -4.66. The first kappa shape index (κ1) is 19.1. The number of hydrogen-bond acceptors (Lipinski definition) is 3. The van der Waals surface area contributed by atoms with E-state index in [-0.39, 0.29) is 5.75 Å². The Morgan fingerprint density at radius 2 is 1.77 bits per heavy atom. The van der Waals surface area contributed by atoms with E-state index in [0.717, 1.165) is 30.4 Å². The molecule has 0 aliphatic carbocycles. The minimum absolute atomic E-state index is 0.208. The molecule has 1 unspecified atom stereocenters. The number of hydrogen-bond donors (Lipinski definition) is 1. The van der Waals surface area contributed by atoms with Crippen molar-refractivity contribution in [1.82, 2.24) is 0 Å². The maximum atomic E-state index is 12.0. The molecule has 0 fully saturated rings. The SMILES string of the molecule is CCCCCCCCCc1cc(C)ccc1OP(=O)(O)OF. The lowest BCUT2D eigenvalue weighted by molar-refractivity contribution is -0.0363. The minimum Gasteiger partial charge on any atom is -0.402 e. The van der Waals surface area contributed by atoms with Crippen LogP contribution in [0.4, 0.5) is 4.53 Å². The molecule has 0 saturated heterocycles. The number of phosphoric acid groups is 1.